The Hall–Kier alpha value is -1.23. The highest BCUT2D eigenvalue weighted by molar-refractivity contribution is 9.10. The molecule has 0 aliphatic rings. The fourth-order valence-electron chi connectivity index (χ4n) is 1.40. The highest BCUT2D eigenvalue weighted by Gasteiger charge is 2.12. The predicted molar refractivity (Wildman–Crippen MR) is 67.6 cm³/mol. The summed E-state index contributed by atoms with van der Waals surface area (Å²) in [7, 11) is 3.12. The Morgan fingerprint density at radius 1 is 1.24 bits per heavy atom. The molecule has 1 rings (SSSR count). The summed E-state index contributed by atoms with van der Waals surface area (Å²) < 4.78 is 16.0. The Bertz CT molecular complexity index is 404. The third-order valence-corrected chi connectivity index (χ3v) is 2.93. The summed E-state index contributed by atoms with van der Waals surface area (Å²) in [5.41, 5.74) is 0.807. The Labute approximate surface area is 109 Å². The van der Waals surface area contributed by atoms with Crippen molar-refractivity contribution in [1.82, 2.24) is 0 Å². The first-order valence-electron chi connectivity index (χ1n) is 5.18. The van der Waals surface area contributed by atoms with Gasteiger partial charge < -0.3 is 14.2 Å². The van der Waals surface area contributed by atoms with E-state index in [0.29, 0.717) is 18.1 Å². The highest BCUT2D eigenvalue weighted by atomic mass is 79.9. The molecule has 0 saturated carbocycles. The van der Waals surface area contributed by atoms with Crippen LogP contribution in [0.4, 0.5) is 0 Å². The standard InChI is InChI=1S/C12H15BrO4/c1-4-17-12(14)6-8-5-10(15-2)11(16-3)7-9(8)13/h5,7H,4,6H2,1-3H3. The van der Waals surface area contributed by atoms with Gasteiger partial charge in [-0.15, -0.1) is 0 Å². The van der Waals surface area contributed by atoms with Crippen molar-refractivity contribution in [3.05, 3.63) is 22.2 Å². The van der Waals surface area contributed by atoms with Gasteiger partial charge in [-0.05, 0) is 24.6 Å². The number of methoxy groups -OCH3 is 2. The average molecular weight is 303 g/mol. The summed E-state index contributed by atoms with van der Waals surface area (Å²) >= 11 is 3.39. The SMILES string of the molecule is CCOC(=O)Cc1cc(OC)c(OC)cc1Br. The van der Waals surface area contributed by atoms with E-state index in [2.05, 4.69) is 15.9 Å². The molecular formula is C12H15BrO4. The zero-order chi connectivity index (χ0) is 12.8. The summed E-state index contributed by atoms with van der Waals surface area (Å²) in [4.78, 5) is 11.4. The maximum atomic E-state index is 11.4. The van der Waals surface area contributed by atoms with E-state index in [1.54, 1.807) is 33.3 Å². The Kier molecular flexibility index (Phi) is 5.28. The summed E-state index contributed by atoms with van der Waals surface area (Å²) in [6.07, 6.45) is 0.203. The molecule has 0 N–H and O–H groups in total. The molecule has 0 aliphatic carbocycles. The lowest BCUT2D eigenvalue weighted by Crippen LogP contribution is -2.08. The lowest BCUT2D eigenvalue weighted by Gasteiger charge is -2.11. The van der Waals surface area contributed by atoms with Crippen LogP contribution in [0.15, 0.2) is 16.6 Å². The van der Waals surface area contributed by atoms with E-state index in [1.807, 2.05) is 0 Å². The number of carbonyl (C=O) groups is 1. The molecule has 0 fully saturated rings. The fourth-order valence-corrected chi connectivity index (χ4v) is 1.86. The molecule has 0 bridgehead atoms. The van der Waals surface area contributed by atoms with Gasteiger partial charge in [0.25, 0.3) is 0 Å². The zero-order valence-electron chi connectivity index (χ0n) is 10.1. The fraction of sp³-hybridized carbons (Fsp3) is 0.417. The molecular weight excluding hydrogens is 288 g/mol. The van der Waals surface area contributed by atoms with Gasteiger partial charge in [-0.3, -0.25) is 4.79 Å². The lowest BCUT2D eigenvalue weighted by atomic mass is 10.1. The summed E-state index contributed by atoms with van der Waals surface area (Å²) in [5.74, 6) is 0.947. The maximum absolute atomic E-state index is 11.4. The van der Waals surface area contributed by atoms with Crippen molar-refractivity contribution in [2.24, 2.45) is 0 Å². The number of rotatable bonds is 5. The monoisotopic (exact) mass is 302 g/mol. The minimum absolute atomic E-state index is 0.203. The van der Waals surface area contributed by atoms with Gasteiger partial charge >= 0.3 is 5.97 Å². The summed E-state index contributed by atoms with van der Waals surface area (Å²) in [6.45, 7) is 2.16. The number of hydrogen-bond acceptors (Lipinski definition) is 4. The largest absolute Gasteiger partial charge is 0.493 e. The molecule has 0 aliphatic heterocycles. The average Bonchev–Trinajstić information content (AvgIpc) is 2.31. The molecule has 4 nitrogen and oxygen atoms in total. The molecule has 0 unspecified atom stereocenters. The Balaban J connectivity index is 2.96. The zero-order valence-corrected chi connectivity index (χ0v) is 11.7. The van der Waals surface area contributed by atoms with E-state index in [0.717, 1.165) is 10.0 Å². The first-order valence-corrected chi connectivity index (χ1v) is 5.97. The van der Waals surface area contributed by atoms with Crippen molar-refractivity contribution in [3.8, 4) is 11.5 Å². The predicted octanol–water partition coefficient (Wildman–Crippen LogP) is 2.57. The van der Waals surface area contributed by atoms with E-state index in [4.69, 9.17) is 14.2 Å². The Morgan fingerprint density at radius 3 is 2.35 bits per heavy atom. The van der Waals surface area contributed by atoms with Crippen LogP contribution in [-0.2, 0) is 16.0 Å². The van der Waals surface area contributed by atoms with Crippen LogP contribution in [0.2, 0.25) is 0 Å². The topological polar surface area (TPSA) is 44.8 Å². The molecule has 5 heteroatoms. The van der Waals surface area contributed by atoms with Crippen LogP contribution in [0.25, 0.3) is 0 Å². The molecule has 1 aromatic carbocycles. The molecule has 0 spiro atoms. The number of benzene rings is 1. The van der Waals surface area contributed by atoms with Crippen molar-refractivity contribution in [2.75, 3.05) is 20.8 Å². The molecule has 17 heavy (non-hydrogen) atoms. The van der Waals surface area contributed by atoms with E-state index in [-0.39, 0.29) is 12.4 Å². The smallest absolute Gasteiger partial charge is 0.310 e. The van der Waals surface area contributed by atoms with Crippen LogP contribution in [-0.4, -0.2) is 26.8 Å². The van der Waals surface area contributed by atoms with E-state index >= 15 is 0 Å². The van der Waals surface area contributed by atoms with Crippen LogP contribution in [0, 0.1) is 0 Å². The number of esters is 1. The molecule has 0 heterocycles. The van der Waals surface area contributed by atoms with Gasteiger partial charge in [0.2, 0.25) is 0 Å². The molecule has 0 radical (unpaired) electrons. The molecule has 0 atom stereocenters. The third kappa shape index (κ3) is 3.63. The maximum Gasteiger partial charge on any atom is 0.310 e. The molecule has 0 aromatic heterocycles. The van der Waals surface area contributed by atoms with Crippen LogP contribution >= 0.6 is 15.9 Å². The van der Waals surface area contributed by atoms with Gasteiger partial charge in [0, 0.05) is 4.47 Å². The van der Waals surface area contributed by atoms with Gasteiger partial charge in [-0.2, -0.15) is 0 Å². The first-order chi connectivity index (χ1) is 8.12. The molecule has 0 amide bonds. The van der Waals surface area contributed by atoms with Crippen LogP contribution in [0.1, 0.15) is 12.5 Å². The van der Waals surface area contributed by atoms with E-state index < -0.39 is 0 Å². The number of hydrogen-bond donors (Lipinski definition) is 0. The van der Waals surface area contributed by atoms with Gasteiger partial charge in [-0.25, -0.2) is 0 Å². The molecule has 1 aromatic rings. The van der Waals surface area contributed by atoms with Crippen molar-refractivity contribution < 1.29 is 19.0 Å². The van der Waals surface area contributed by atoms with Crippen LogP contribution < -0.4 is 9.47 Å². The minimum Gasteiger partial charge on any atom is -0.493 e. The second-order valence-corrected chi connectivity index (χ2v) is 4.13. The third-order valence-electron chi connectivity index (χ3n) is 2.19. The summed E-state index contributed by atoms with van der Waals surface area (Å²) in [6, 6.07) is 3.53. The Morgan fingerprint density at radius 2 is 1.82 bits per heavy atom. The molecule has 0 saturated heterocycles. The second kappa shape index (κ2) is 6.49. The molecule has 94 valence electrons. The van der Waals surface area contributed by atoms with Crippen molar-refractivity contribution in [2.45, 2.75) is 13.3 Å². The first kappa shape index (κ1) is 13.8. The van der Waals surface area contributed by atoms with Crippen molar-refractivity contribution in [3.63, 3.8) is 0 Å². The van der Waals surface area contributed by atoms with Gasteiger partial charge in [0.15, 0.2) is 11.5 Å². The normalized spacial score (nSPS) is 9.88. The van der Waals surface area contributed by atoms with E-state index in [1.165, 1.54) is 0 Å². The van der Waals surface area contributed by atoms with Gasteiger partial charge in [-0.1, -0.05) is 15.9 Å². The van der Waals surface area contributed by atoms with E-state index in [9.17, 15) is 4.79 Å². The van der Waals surface area contributed by atoms with Crippen molar-refractivity contribution >= 4 is 21.9 Å². The van der Waals surface area contributed by atoms with Gasteiger partial charge in [0.05, 0.1) is 27.2 Å². The second-order valence-electron chi connectivity index (χ2n) is 3.28. The number of ether oxygens (including phenoxy) is 3. The highest BCUT2D eigenvalue weighted by Crippen LogP contribution is 2.33. The number of halogens is 1. The van der Waals surface area contributed by atoms with Crippen LogP contribution in [0.5, 0.6) is 11.5 Å². The lowest BCUT2D eigenvalue weighted by molar-refractivity contribution is -0.142. The quantitative estimate of drug-likeness (QED) is 0.784. The van der Waals surface area contributed by atoms with Crippen LogP contribution in [0.3, 0.4) is 0 Å². The van der Waals surface area contributed by atoms with Gasteiger partial charge in [0.1, 0.15) is 0 Å². The minimum atomic E-state index is -0.264. The summed E-state index contributed by atoms with van der Waals surface area (Å²) in [5, 5.41) is 0. The number of carbonyl (C=O) groups excluding carboxylic acids is 1. The van der Waals surface area contributed by atoms with Crippen molar-refractivity contribution in [1.29, 1.82) is 0 Å².